The van der Waals surface area contributed by atoms with E-state index in [4.69, 9.17) is 16.3 Å². The Morgan fingerprint density at radius 2 is 2.00 bits per heavy atom. The Hall–Kier alpha value is -2.17. The smallest absolute Gasteiger partial charge is 0.416 e. The van der Waals surface area contributed by atoms with Crippen molar-refractivity contribution in [2.24, 2.45) is 11.8 Å². The Bertz CT molecular complexity index is 1060. The largest absolute Gasteiger partial charge is 0.481 e. The van der Waals surface area contributed by atoms with Crippen molar-refractivity contribution in [1.82, 2.24) is 10.3 Å². The first kappa shape index (κ1) is 24.9. The molecule has 1 aromatic heterocycles. The van der Waals surface area contributed by atoms with Gasteiger partial charge >= 0.3 is 12.1 Å². The molecule has 184 valence electrons. The average Bonchev–Trinajstić information content (AvgIpc) is 3.37. The molecule has 2 fully saturated rings. The third kappa shape index (κ3) is 5.72. The SMILES string of the molecule is O=C(O)C[C@@H](CC1CCOCC1)C(=O)NC1(c2nc(-c3cc(C(F)(F)F)ccc3Cl)cs2)CC1. The van der Waals surface area contributed by atoms with Crippen molar-refractivity contribution in [3.63, 3.8) is 0 Å². The van der Waals surface area contributed by atoms with Crippen LogP contribution >= 0.6 is 22.9 Å². The van der Waals surface area contributed by atoms with Crippen LogP contribution in [0.5, 0.6) is 0 Å². The number of nitrogens with zero attached hydrogens (tertiary/aromatic N) is 1. The molecule has 0 bridgehead atoms. The molecule has 1 aromatic carbocycles. The van der Waals surface area contributed by atoms with Gasteiger partial charge in [0.2, 0.25) is 5.91 Å². The van der Waals surface area contributed by atoms with Crippen molar-refractivity contribution in [2.75, 3.05) is 13.2 Å². The molecule has 1 atom stereocenters. The number of carboxylic acid groups (broad SMARTS) is 1. The quantitative estimate of drug-likeness (QED) is 0.484. The lowest BCUT2D eigenvalue weighted by Gasteiger charge is -2.26. The Kier molecular flexibility index (Phi) is 7.21. The Morgan fingerprint density at radius 3 is 2.62 bits per heavy atom. The zero-order chi connectivity index (χ0) is 24.5. The first-order chi connectivity index (χ1) is 16.1. The van der Waals surface area contributed by atoms with E-state index in [1.807, 2.05) is 0 Å². The molecule has 2 N–H and O–H groups in total. The number of carbonyl (C=O) groups is 2. The molecule has 0 spiro atoms. The van der Waals surface area contributed by atoms with E-state index in [0.717, 1.165) is 25.0 Å². The van der Waals surface area contributed by atoms with E-state index in [-0.39, 0.29) is 28.8 Å². The lowest BCUT2D eigenvalue weighted by atomic mass is 9.86. The molecular weight excluding hydrogens is 493 g/mol. The van der Waals surface area contributed by atoms with Crippen LogP contribution < -0.4 is 5.32 Å². The summed E-state index contributed by atoms with van der Waals surface area (Å²) in [5, 5.41) is 14.7. The maximum atomic E-state index is 13.1. The van der Waals surface area contributed by atoms with Gasteiger partial charge in [-0.1, -0.05) is 11.6 Å². The Morgan fingerprint density at radius 1 is 1.29 bits per heavy atom. The summed E-state index contributed by atoms with van der Waals surface area (Å²) in [5.74, 6) is -1.81. The summed E-state index contributed by atoms with van der Waals surface area (Å²) in [5.41, 5.74) is -1.06. The van der Waals surface area contributed by atoms with Crippen LogP contribution in [0.2, 0.25) is 5.02 Å². The number of alkyl halides is 3. The molecule has 0 radical (unpaired) electrons. The molecule has 0 unspecified atom stereocenters. The number of aliphatic carboxylic acids is 1. The molecule has 1 amide bonds. The average molecular weight is 517 g/mol. The predicted octanol–water partition coefficient (Wildman–Crippen LogP) is 5.50. The maximum absolute atomic E-state index is 13.1. The van der Waals surface area contributed by atoms with Crippen molar-refractivity contribution in [3.8, 4) is 11.3 Å². The summed E-state index contributed by atoms with van der Waals surface area (Å²) in [6, 6.07) is 3.08. The Labute approximate surface area is 203 Å². The molecule has 2 aromatic rings. The summed E-state index contributed by atoms with van der Waals surface area (Å²) in [6.45, 7) is 1.21. The van der Waals surface area contributed by atoms with E-state index in [0.29, 0.717) is 43.2 Å². The number of carboxylic acids is 1. The monoisotopic (exact) mass is 516 g/mol. The van der Waals surface area contributed by atoms with Gasteiger partial charge in [-0.15, -0.1) is 11.3 Å². The minimum absolute atomic E-state index is 0.150. The molecular formula is C23H24ClF3N2O4S. The third-order valence-corrected chi connectivity index (χ3v) is 7.72. The number of carbonyl (C=O) groups excluding carboxylic acids is 1. The normalized spacial score (nSPS) is 18.9. The molecule has 1 aliphatic carbocycles. The Balaban J connectivity index is 1.51. The number of thiazole rings is 1. The van der Waals surface area contributed by atoms with Gasteiger partial charge in [-0.2, -0.15) is 13.2 Å². The number of amides is 1. The molecule has 11 heteroatoms. The van der Waals surface area contributed by atoms with Crippen molar-refractivity contribution in [3.05, 3.63) is 39.2 Å². The number of halogens is 4. The van der Waals surface area contributed by atoms with Crippen LogP contribution in [0.3, 0.4) is 0 Å². The molecule has 1 aliphatic heterocycles. The number of ether oxygens (including phenoxy) is 1. The van der Waals surface area contributed by atoms with E-state index in [1.54, 1.807) is 5.38 Å². The second kappa shape index (κ2) is 9.83. The number of benzene rings is 1. The van der Waals surface area contributed by atoms with Crippen molar-refractivity contribution in [1.29, 1.82) is 0 Å². The van der Waals surface area contributed by atoms with Crippen LogP contribution in [0.4, 0.5) is 13.2 Å². The lowest BCUT2D eigenvalue weighted by molar-refractivity contribution is -0.142. The van der Waals surface area contributed by atoms with Gasteiger partial charge in [-0.05, 0) is 56.2 Å². The fourth-order valence-corrected chi connectivity index (χ4v) is 5.50. The van der Waals surface area contributed by atoms with Crippen LogP contribution in [0.1, 0.15) is 49.1 Å². The first-order valence-electron chi connectivity index (χ1n) is 11.0. The van der Waals surface area contributed by atoms with Crippen LogP contribution in [0.25, 0.3) is 11.3 Å². The van der Waals surface area contributed by atoms with Crippen molar-refractivity contribution in [2.45, 2.75) is 50.2 Å². The first-order valence-corrected chi connectivity index (χ1v) is 12.3. The van der Waals surface area contributed by atoms with Crippen LogP contribution in [-0.2, 0) is 26.0 Å². The van der Waals surface area contributed by atoms with E-state index < -0.39 is 29.2 Å². The van der Waals surface area contributed by atoms with Gasteiger partial charge in [-0.25, -0.2) is 4.98 Å². The summed E-state index contributed by atoms with van der Waals surface area (Å²) in [6.07, 6.45) is -1.46. The number of nitrogens with one attached hydrogen (secondary N) is 1. The van der Waals surface area contributed by atoms with Gasteiger partial charge in [0.15, 0.2) is 0 Å². The highest BCUT2D eigenvalue weighted by atomic mass is 35.5. The zero-order valence-corrected chi connectivity index (χ0v) is 19.7. The molecule has 2 heterocycles. The fraction of sp³-hybridized carbons (Fsp3) is 0.522. The van der Waals surface area contributed by atoms with E-state index in [2.05, 4.69) is 10.3 Å². The predicted molar refractivity (Wildman–Crippen MR) is 121 cm³/mol. The molecule has 1 saturated carbocycles. The van der Waals surface area contributed by atoms with Crippen LogP contribution in [0.15, 0.2) is 23.6 Å². The van der Waals surface area contributed by atoms with Gasteiger partial charge < -0.3 is 15.2 Å². The fourth-order valence-electron chi connectivity index (χ4n) is 4.25. The van der Waals surface area contributed by atoms with E-state index in [1.165, 1.54) is 17.4 Å². The maximum Gasteiger partial charge on any atom is 0.416 e. The van der Waals surface area contributed by atoms with Gasteiger partial charge in [0.25, 0.3) is 0 Å². The van der Waals surface area contributed by atoms with Gasteiger partial charge in [0.1, 0.15) is 5.01 Å². The lowest BCUT2D eigenvalue weighted by Crippen LogP contribution is -2.40. The van der Waals surface area contributed by atoms with E-state index >= 15 is 0 Å². The molecule has 2 aliphatic rings. The number of rotatable bonds is 8. The van der Waals surface area contributed by atoms with Crippen molar-refractivity contribution < 1.29 is 32.6 Å². The topological polar surface area (TPSA) is 88.5 Å². The van der Waals surface area contributed by atoms with E-state index in [9.17, 15) is 27.9 Å². The summed E-state index contributed by atoms with van der Waals surface area (Å²) in [4.78, 5) is 29.0. The van der Waals surface area contributed by atoms with Gasteiger partial charge in [-0.3, -0.25) is 9.59 Å². The summed E-state index contributed by atoms with van der Waals surface area (Å²) < 4.78 is 44.8. The van der Waals surface area contributed by atoms with Gasteiger partial charge in [0.05, 0.1) is 28.2 Å². The molecule has 1 saturated heterocycles. The zero-order valence-electron chi connectivity index (χ0n) is 18.2. The summed E-state index contributed by atoms with van der Waals surface area (Å²) in [7, 11) is 0. The minimum atomic E-state index is -4.51. The second-order valence-corrected chi connectivity index (χ2v) is 10.2. The molecule has 6 nitrogen and oxygen atoms in total. The highest BCUT2D eigenvalue weighted by Gasteiger charge is 2.49. The summed E-state index contributed by atoms with van der Waals surface area (Å²) >= 11 is 7.39. The number of aromatic nitrogens is 1. The highest BCUT2D eigenvalue weighted by Crippen LogP contribution is 2.48. The minimum Gasteiger partial charge on any atom is -0.481 e. The number of hydrogen-bond acceptors (Lipinski definition) is 5. The number of hydrogen-bond donors (Lipinski definition) is 2. The van der Waals surface area contributed by atoms with Crippen LogP contribution in [-0.4, -0.2) is 35.2 Å². The second-order valence-electron chi connectivity index (χ2n) is 8.89. The van der Waals surface area contributed by atoms with Gasteiger partial charge in [0, 0.05) is 30.1 Å². The highest BCUT2D eigenvalue weighted by molar-refractivity contribution is 7.10. The molecule has 34 heavy (non-hydrogen) atoms. The standard InChI is InChI=1S/C23H24ClF3N2O4S/c24-17-2-1-15(23(25,26)27)11-16(17)18-12-34-21(28-18)22(5-6-22)29-20(32)14(10-19(30)31)9-13-3-7-33-8-4-13/h1-2,11-14H,3-10H2,(H,29,32)(H,30,31)/t14-/m1/s1. The van der Waals surface area contributed by atoms with Crippen molar-refractivity contribution >= 4 is 34.8 Å². The van der Waals surface area contributed by atoms with Crippen LogP contribution in [0, 0.1) is 11.8 Å². The third-order valence-electron chi connectivity index (χ3n) is 6.35. The molecule has 4 rings (SSSR count).